The van der Waals surface area contributed by atoms with Crippen molar-refractivity contribution in [3.8, 4) is 5.88 Å². The van der Waals surface area contributed by atoms with Crippen LogP contribution in [-0.2, 0) is 6.42 Å². The normalized spacial score (nSPS) is 21.6. The third-order valence-electron chi connectivity index (χ3n) is 5.55. The van der Waals surface area contributed by atoms with Gasteiger partial charge in [0.15, 0.2) is 11.9 Å². The molecule has 1 aliphatic heterocycles. The molecule has 0 bridgehead atoms. The molecule has 1 aliphatic rings. The zero-order valence-corrected chi connectivity index (χ0v) is 17.3. The second kappa shape index (κ2) is 7.75. The number of likely N-dealkylation sites (N-methyl/N-ethyl adjacent to an activating group) is 1. The molecule has 4 rings (SSSR count). The number of halogens is 1. The molecular formula is C19H26ClN5OS+2. The molecule has 8 heteroatoms. The van der Waals surface area contributed by atoms with Crippen LogP contribution in [0.4, 0.5) is 0 Å². The molecule has 3 N–H and O–H groups in total. The maximum absolute atomic E-state index is 11.0. The van der Waals surface area contributed by atoms with Gasteiger partial charge in [-0.25, -0.2) is 4.98 Å². The molecule has 1 atom stereocenters. The van der Waals surface area contributed by atoms with Gasteiger partial charge in [-0.05, 0) is 13.0 Å². The standard InChI is InChI=1S/C19H24ClN5OS/c1-3-15-21-19-25(22-15)18(26)17(27-19)16(13-7-5-6-8-14(13)20)24-11-9-23(4-2)10-12-24/h5-8,16,26H,3-4,9-12H2,1-2H3/p+2/t16-/m1/s1. The van der Waals surface area contributed by atoms with Crippen LogP contribution >= 0.6 is 22.9 Å². The highest BCUT2D eigenvalue weighted by molar-refractivity contribution is 7.17. The summed E-state index contributed by atoms with van der Waals surface area (Å²) in [6.45, 7) is 9.78. The summed E-state index contributed by atoms with van der Waals surface area (Å²) in [7, 11) is 0. The van der Waals surface area contributed by atoms with Gasteiger partial charge in [0.1, 0.15) is 31.1 Å². The van der Waals surface area contributed by atoms with Crippen LogP contribution in [-0.4, -0.2) is 52.4 Å². The Morgan fingerprint density at radius 2 is 1.96 bits per heavy atom. The molecule has 0 aliphatic carbocycles. The molecule has 144 valence electrons. The highest BCUT2D eigenvalue weighted by Crippen LogP contribution is 2.37. The van der Waals surface area contributed by atoms with E-state index in [-0.39, 0.29) is 11.9 Å². The molecule has 0 saturated carbocycles. The largest absolute Gasteiger partial charge is 0.492 e. The molecule has 0 radical (unpaired) electrons. The molecule has 27 heavy (non-hydrogen) atoms. The van der Waals surface area contributed by atoms with Crippen molar-refractivity contribution in [2.45, 2.75) is 26.3 Å². The first-order valence-electron chi connectivity index (χ1n) is 9.62. The van der Waals surface area contributed by atoms with Gasteiger partial charge in [0, 0.05) is 12.0 Å². The number of benzene rings is 1. The Kier molecular flexibility index (Phi) is 5.36. The smallest absolute Gasteiger partial charge is 0.235 e. The van der Waals surface area contributed by atoms with Crippen molar-refractivity contribution in [2.75, 3.05) is 32.7 Å². The van der Waals surface area contributed by atoms with Crippen molar-refractivity contribution in [1.29, 1.82) is 0 Å². The van der Waals surface area contributed by atoms with Gasteiger partial charge in [-0.15, -0.1) is 5.10 Å². The number of piperazine rings is 1. The van der Waals surface area contributed by atoms with Gasteiger partial charge in [0.25, 0.3) is 0 Å². The third-order valence-corrected chi connectivity index (χ3v) is 6.97. The summed E-state index contributed by atoms with van der Waals surface area (Å²) in [5.74, 6) is 0.954. The van der Waals surface area contributed by atoms with E-state index in [2.05, 4.69) is 23.1 Å². The second-order valence-electron chi connectivity index (χ2n) is 7.08. The van der Waals surface area contributed by atoms with Crippen molar-refractivity contribution in [3.05, 3.63) is 45.6 Å². The van der Waals surface area contributed by atoms with Gasteiger partial charge in [0.2, 0.25) is 10.8 Å². The lowest BCUT2D eigenvalue weighted by molar-refractivity contribution is -1.02. The zero-order chi connectivity index (χ0) is 19.0. The first kappa shape index (κ1) is 18.7. The van der Waals surface area contributed by atoms with E-state index in [1.165, 1.54) is 16.2 Å². The number of thiazole rings is 1. The van der Waals surface area contributed by atoms with Crippen molar-refractivity contribution in [3.63, 3.8) is 0 Å². The van der Waals surface area contributed by atoms with Crippen LogP contribution in [0.2, 0.25) is 5.02 Å². The molecule has 6 nitrogen and oxygen atoms in total. The van der Waals surface area contributed by atoms with Crippen LogP contribution in [0.25, 0.3) is 4.96 Å². The fraction of sp³-hybridized carbons (Fsp3) is 0.474. The molecule has 0 spiro atoms. The molecule has 1 saturated heterocycles. The highest BCUT2D eigenvalue weighted by Gasteiger charge is 2.36. The third kappa shape index (κ3) is 3.45. The van der Waals surface area contributed by atoms with E-state index >= 15 is 0 Å². The maximum atomic E-state index is 11.0. The molecule has 2 aromatic heterocycles. The Labute approximate surface area is 168 Å². The molecule has 3 heterocycles. The molecule has 0 amide bonds. The molecular weight excluding hydrogens is 382 g/mol. The number of hydrogen-bond donors (Lipinski definition) is 3. The Bertz CT molecular complexity index is 931. The van der Waals surface area contributed by atoms with E-state index in [4.69, 9.17) is 11.6 Å². The first-order valence-corrected chi connectivity index (χ1v) is 10.8. The average Bonchev–Trinajstić information content (AvgIpc) is 3.23. The van der Waals surface area contributed by atoms with Gasteiger partial charge in [-0.3, -0.25) is 0 Å². The van der Waals surface area contributed by atoms with Gasteiger partial charge in [-0.2, -0.15) is 4.52 Å². The molecule has 3 aromatic rings. The van der Waals surface area contributed by atoms with Crippen molar-refractivity contribution >= 4 is 27.9 Å². The van der Waals surface area contributed by atoms with Crippen molar-refractivity contribution in [1.82, 2.24) is 14.6 Å². The van der Waals surface area contributed by atoms with E-state index < -0.39 is 0 Å². The van der Waals surface area contributed by atoms with Crippen LogP contribution in [0, 0.1) is 0 Å². The van der Waals surface area contributed by atoms with Crippen LogP contribution < -0.4 is 9.80 Å². The van der Waals surface area contributed by atoms with E-state index in [1.54, 1.807) is 9.42 Å². The lowest BCUT2D eigenvalue weighted by Crippen LogP contribution is -3.28. The zero-order valence-electron chi connectivity index (χ0n) is 15.7. The number of aromatic nitrogens is 3. The van der Waals surface area contributed by atoms with Crippen molar-refractivity contribution < 1.29 is 14.9 Å². The summed E-state index contributed by atoms with van der Waals surface area (Å²) < 4.78 is 1.58. The maximum Gasteiger partial charge on any atom is 0.235 e. The molecule has 0 unspecified atom stereocenters. The van der Waals surface area contributed by atoms with Crippen LogP contribution in [0.1, 0.15) is 36.2 Å². The van der Waals surface area contributed by atoms with Crippen LogP contribution in [0.5, 0.6) is 5.88 Å². The quantitative estimate of drug-likeness (QED) is 0.580. The molecule has 1 fully saturated rings. The Morgan fingerprint density at radius 3 is 2.59 bits per heavy atom. The summed E-state index contributed by atoms with van der Waals surface area (Å²) in [5.41, 5.74) is 1.06. The first-order chi connectivity index (χ1) is 13.1. The number of hydrogen-bond acceptors (Lipinski definition) is 4. The van der Waals surface area contributed by atoms with Crippen LogP contribution in [0.3, 0.4) is 0 Å². The molecule has 1 aromatic carbocycles. The number of rotatable bonds is 5. The van der Waals surface area contributed by atoms with E-state index in [0.29, 0.717) is 0 Å². The second-order valence-corrected chi connectivity index (χ2v) is 8.50. The van der Waals surface area contributed by atoms with E-state index in [0.717, 1.165) is 65.4 Å². The minimum Gasteiger partial charge on any atom is -0.492 e. The predicted molar refractivity (Wildman–Crippen MR) is 107 cm³/mol. The average molecular weight is 408 g/mol. The van der Waals surface area contributed by atoms with Gasteiger partial charge in [0.05, 0.1) is 11.6 Å². The minimum atomic E-state index is -0.00400. The number of quaternary nitrogens is 2. The lowest BCUT2D eigenvalue weighted by atomic mass is 10.0. The van der Waals surface area contributed by atoms with Crippen molar-refractivity contribution in [2.24, 2.45) is 0 Å². The van der Waals surface area contributed by atoms with Gasteiger partial charge >= 0.3 is 0 Å². The highest BCUT2D eigenvalue weighted by atomic mass is 35.5. The topological polar surface area (TPSA) is 59.3 Å². The Balaban J connectivity index is 1.77. The predicted octanol–water partition coefficient (Wildman–Crippen LogP) is 0.605. The van der Waals surface area contributed by atoms with Gasteiger partial charge < -0.3 is 14.9 Å². The number of nitrogens with one attached hydrogen (secondary N) is 2. The van der Waals surface area contributed by atoms with Gasteiger partial charge in [-0.1, -0.05) is 48.1 Å². The van der Waals surface area contributed by atoms with E-state index in [9.17, 15) is 5.11 Å². The summed E-state index contributed by atoms with van der Waals surface area (Å²) in [6, 6.07) is 7.97. The Morgan fingerprint density at radius 1 is 1.22 bits per heavy atom. The minimum absolute atomic E-state index is 0.00400. The van der Waals surface area contributed by atoms with Crippen LogP contribution in [0.15, 0.2) is 24.3 Å². The number of nitrogens with zero attached hydrogens (tertiary/aromatic N) is 3. The number of aryl methyl sites for hydroxylation is 1. The summed E-state index contributed by atoms with van der Waals surface area (Å²) in [5, 5.41) is 16.1. The number of fused-ring (bicyclic) bond motifs is 1. The number of aromatic hydroxyl groups is 1. The fourth-order valence-electron chi connectivity index (χ4n) is 3.95. The Hall–Kier alpha value is -1.67. The monoisotopic (exact) mass is 407 g/mol. The van der Waals surface area contributed by atoms with E-state index in [1.807, 2.05) is 25.1 Å². The fourth-order valence-corrected chi connectivity index (χ4v) is 5.35. The summed E-state index contributed by atoms with van der Waals surface area (Å²) >= 11 is 8.11. The summed E-state index contributed by atoms with van der Waals surface area (Å²) in [4.78, 5) is 9.26. The lowest BCUT2D eigenvalue weighted by Gasteiger charge is -2.34. The SMILES string of the molecule is CCc1nc2sc([C@@H](c3ccccc3Cl)[NH+]3CC[NH+](CC)CC3)c(O)n2n1. The summed E-state index contributed by atoms with van der Waals surface area (Å²) in [6.07, 6.45) is 0.754.